The van der Waals surface area contributed by atoms with Gasteiger partial charge >= 0.3 is 17.9 Å². The lowest BCUT2D eigenvalue weighted by Gasteiger charge is -2.18. The smallest absolute Gasteiger partial charge is 0.306 e. The van der Waals surface area contributed by atoms with Crippen LogP contribution in [0.3, 0.4) is 0 Å². The lowest BCUT2D eigenvalue weighted by atomic mass is 10.0. The topological polar surface area (TPSA) is 78.9 Å². The Labute approximate surface area is 448 Å². The second-order valence-electron chi connectivity index (χ2n) is 21.7. The lowest BCUT2D eigenvalue weighted by Crippen LogP contribution is -2.30. The number of ether oxygens (including phenoxy) is 3. The number of carbonyl (C=O) groups excluding carboxylic acids is 3. The zero-order valence-electron chi connectivity index (χ0n) is 48.5. The molecule has 0 fully saturated rings. The number of unbranched alkanes of at least 4 members (excludes halogenated alkanes) is 42. The first-order valence-electron chi connectivity index (χ1n) is 32.0. The van der Waals surface area contributed by atoms with Crippen LogP contribution in [0, 0.1) is 0 Å². The Kier molecular flexibility index (Phi) is 59.2. The van der Waals surface area contributed by atoms with Gasteiger partial charge in [0.05, 0.1) is 0 Å². The third-order valence-corrected chi connectivity index (χ3v) is 14.4. The molecule has 0 aliphatic heterocycles. The first-order chi connectivity index (χ1) is 35.5. The Morgan fingerprint density at radius 3 is 0.778 bits per heavy atom. The molecule has 0 heterocycles. The van der Waals surface area contributed by atoms with E-state index in [1.54, 1.807) is 0 Å². The zero-order valence-corrected chi connectivity index (χ0v) is 48.5. The molecule has 422 valence electrons. The Bertz CT molecular complexity index is 1210. The van der Waals surface area contributed by atoms with Gasteiger partial charge in [-0.1, -0.05) is 288 Å². The molecule has 0 aliphatic carbocycles. The van der Waals surface area contributed by atoms with Gasteiger partial charge in [-0.15, -0.1) is 0 Å². The van der Waals surface area contributed by atoms with E-state index < -0.39 is 6.10 Å². The minimum Gasteiger partial charge on any atom is -0.462 e. The van der Waals surface area contributed by atoms with Crippen molar-refractivity contribution < 1.29 is 28.6 Å². The summed E-state index contributed by atoms with van der Waals surface area (Å²) in [6.07, 6.45) is 75.1. The number of hydrogen-bond acceptors (Lipinski definition) is 6. The third kappa shape index (κ3) is 58.5. The van der Waals surface area contributed by atoms with Gasteiger partial charge in [-0.2, -0.15) is 0 Å². The van der Waals surface area contributed by atoms with Gasteiger partial charge in [-0.05, 0) is 77.0 Å². The maximum absolute atomic E-state index is 12.8. The average Bonchev–Trinajstić information content (AvgIpc) is 3.38. The molecule has 0 aliphatic rings. The predicted octanol–water partition coefficient (Wildman–Crippen LogP) is 21.6. The minimum absolute atomic E-state index is 0.0714. The van der Waals surface area contributed by atoms with E-state index in [-0.39, 0.29) is 31.1 Å². The van der Waals surface area contributed by atoms with Gasteiger partial charge in [0.2, 0.25) is 0 Å². The molecular weight excluding hydrogens is 889 g/mol. The van der Waals surface area contributed by atoms with Crippen LogP contribution in [-0.2, 0) is 28.6 Å². The molecule has 0 aromatic rings. The lowest BCUT2D eigenvalue weighted by molar-refractivity contribution is -0.167. The SMILES string of the molecule is CCCCCCC/C=C\C/C=C\CCCCCCCCCCCCCCCCCCCCCCCC(=O)OCC(COC(=O)CCCCCCC)OC(=O)CCCCCCC/C=C\CCCCCCCCC. The molecule has 6 heteroatoms. The number of esters is 3. The zero-order chi connectivity index (χ0) is 52.2. The van der Waals surface area contributed by atoms with Crippen molar-refractivity contribution in [3.63, 3.8) is 0 Å². The van der Waals surface area contributed by atoms with E-state index in [4.69, 9.17) is 14.2 Å². The summed E-state index contributed by atoms with van der Waals surface area (Å²) in [6.45, 7) is 6.58. The third-order valence-electron chi connectivity index (χ3n) is 14.4. The van der Waals surface area contributed by atoms with Crippen LogP contribution in [0.1, 0.15) is 348 Å². The molecule has 1 atom stereocenters. The van der Waals surface area contributed by atoms with Crippen molar-refractivity contribution in [1.29, 1.82) is 0 Å². The van der Waals surface area contributed by atoms with Crippen molar-refractivity contribution in [2.45, 2.75) is 354 Å². The molecule has 0 aromatic heterocycles. The standard InChI is InChI=1S/C66H122O6/c1-4-7-10-13-15-17-19-21-23-25-26-27-28-29-30-31-32-33-34-35-36-37-38-39-40-41-43-44-46-48-50-53-56-59-65(68)71-62-63(61-70-64(67)58-55-52-12-9-6-3)72-66(69)60-57-54-51-49-47-45-42-24-22-20-18-16-14-11-8-5-2/h19,21,24-26,42,63H,4-18,20,22-23,27-41,43-62H2,1-3H3/b21-19-,26-25-,42-24-. The molecule has 0 rings (SSSR count). The normalized spacial score (nSPS) is 12.2. The van der Waals surface area contributed by atoms with Crippen molar-refractivity contribution in [3.05, 3.63) is 36.5 Å². The van der Waals surface area contributed by atoms with E-state index in [1.165, 1.54) is 231 Å². The summed E-state index contributed by atoms with van der Waals surface area (Å²) < 4.78 is 16.7. The van der Waals surface area contributed by atoms with Gasteiger partial charge in [0, 0.05) is 19.3 Å². The minimum atomic E-state index is -0.769. The molecule has 0 radical (unpaired) electrons. The molecule has 72 heavy (non-hydrogen) atoms. The molecule has 0 saturated carbocycles. The fourth-order valence-corrected chi connectivity index (χ4v) is 9.53. The van der Waals surface area contributed by atoms with Gasteiger partial charge in [0.15, 0.2) is 6.10 Å². The predicted molar refractivity (Wildman–Crippen MR) is 312 cm³/mol. The van der Waals surface area contributed by atoms with Gasteiger partial charge in [-0.3, -0.25) is 14.4 Å². The maximum atomic E-state index is 12.8. The van der Waals surface area contributed by atoms with E-state index in [0.717, 1.165) is 77.0 Å². The van der Waals surface area contributed by atoms with Crippen LogP contribution in [0.5, 0.6) is 0 Å². The van der Waals surface area contributed by atoms with Gasteiger partial charge < -0.3 is 14.2 Å². The summed E-state index contributed by atoms with van der Waals surface area (Å²) in [5, 5.41) is 0. The second-order valence-corrected chi connectivity index (χ2v) is 21.7. The van der Waals surface area contributed by atoms with Crippen LogP contribution in [-0.4, -0.2) is 37.2 Å². The molecule has 6 nitrogen and oxygen atoms in total. The molecule has 0 bridgehead atoms. The molecule has 0 amide bonds. The number of carbonyl (C=O) groups is 3. The van der Waals surface area contributed by atoms with Gasteiger partial charge in [-0.25, -0.2) is 0 Å². The van der Waals surface area contributed by atoms with Crippen LogP contribution in [0.2, 0.25) is 0 Å². The monoisotopic (exact) mass is 1010 g/mol. The van der Waals surface area contributed by atoms with Crippen LogP contribution in [0.15, 0.2) is 36.5 Å². The molecule has 0 spiro atoms. The maximum Gasteiger partial charge on any atom is 0.306 e. The highest BCUT2D eigenvalue weighted by atomic mass is 16.6. The molecule has 0 N–H and O–H groups in total. The first kappa shape index (κ1) is 69.6. The highest BCUT2D eigenvalue weighted by Gasteiger charge is 2.19. The highest BCUT2D eigenvalue weighted by molar-refractivity contribution is 5.71. The number of hydrogen-bond donors (Lipinski definition) is 0. The number of allylic oxidation sites excluding steroid dienone is 6. The van der Waals surface area contributed by atoms with Crippen LogP contribution in [0.4, 0.5) is 0 Å². The highest BCUT2D eigenvalue weighted by Crippen LogP contribution is 2.17. The molecular formula is C66H122O6. The summed E-state index contributed by atoms with van der Waals surface area (Å²) in [4.78, 5) is 37.8. The quantitative estimate of drug-likeness (QED) is 0.0261. The van der Waals surface area contributed by atoms with Gasteiger partial charge in [0.1, 0.15) is 13.2 Å². The fourth-order valence-electron chi connectivity index (χ4n) is 9.53. The fraction of sp³-hybridized carbons (Fsp3) is 0.864. The summed E-state index contributed by atoms with van der Waals surface area (Å²) in [7, 11) is 0. The van der Waals surface area contributed by atoms with E-state index in [2.05, 4.69) is 57.2 Å². The molecule has 0 saturated heterocycles. The largest absolute Gasteiger partial charge is 0.462 e. The van der Waals surface area contributed by atoms with E-state index in [9.17, 15) is 14.4 Å². The Hall–Kier alpha value is -2.37. The summed E-state index contributed by atoms with van der Waals surface area (Å²) in [5.41, 5.74) is 0. The van der Waals surface area contributed by atoms with Crippen LogP contribution < -0.4 is 0 Å². The average molecular weight is 1010 g/mol. The van der Waals surface area contributed by atoms with Gasteiger partial charge in [0.25, 0.3) is 0 Å². The van der Waals surface area contributed by atoms with Crippen LogP contribution >= 0.6 is 0 Å². The van der Waals surface area contributed by atoms with E-state index in [1.807, 2.05) is 0 Å². The van der Waals surface area contributed by atoms with Crippen molar-refractivity contribution in [1.82, 2.24) is 0 Å². The summed E-state index contributed by atoms with van der Waals surface area (Å²) in [6, 6.07) is 0. The Morgan fingerprint density at radius 1 is 0.278 bits per heavy atom. The van der Waals surface area contributed by atoms with Crippen molar-refractivity contribution in [2.75, 3.05) is 13.2 Å². The molecule has 0 aromatic carbocycles. The van der Waals surface area contributed by atoms with E-state index in [0.29, 0.717) is 19.3 Å². The second kappa shape index (κ2) is 61.2. The Morgan fingerprint density at radius 2 is 0.500 bits per heavy atom. The van der Waals surface area contributed by atoms with Crippen molar-refractivity contribution in [3.8, 4) is 0 Å². The number of rotatable bonds is 59. The van der Waals surface area contributed by atoms with Crippen molar-refractivity contribution in [2.24, 2.45) is 0 Å². The summed E-state index contributed by atoms with van der Waals surface area (Å²) in [5.74, 6) is -0.876. The van der Waals surface area contributed by atoms with E-state index >= 15 is 0 Å². The summed E-state index contributed by atoms with van der Waals surface area (Å²) >= 11 is 0. The Balaban J connectivity index is 3.89. The van der Waals surface area contributed by atoms with Crippen molar-refractivity contribution >= 4 is 17.9 Å². The van der Waals surface area contributed by atoms with Crippen LogP contribution in [0.25, 0.3) is 0 Å². The first-order valence-corrected chi connectivity index (χ1v) is 32.0. The molecule has 1 unspecified atom stereocenters.